The molecule has 2 aliphatic heterocycles. The molecule has 1 amide bonds. The van der Waals surface area contributed by atoms with E-state index in [2.05, 4.69) is 41.2 Å². The van der Waals surface area contributed by atoms with Gasteiger partial charge in [-0.2, -0.15) is 0 Å². The van der Waals surface area contributed by atoms with Crippen LogP contribution in [0.1, 0.15) is 50.0 Å². The van der Waals surface area contributed by atoms with Crippen LogP contribution < -0.4 is 4.90 Å². The van der Waals surface area contributed by atoms with Crippen molar-refractivity contribution in [1.29, 1.82) is 0 Å². The van der Waals surface area contributed by atoms with E-state index in [9.17, 15) is 4.79 Å². The van der Waals surface area contributed by atoms with Crippen molar-refractivity contribution in [2.45, 2.75) is 57.1 Å². The van der Waals surface area contributed by atoms with Gasteiger partial charge >= 0.3 is 6.09 Å². The van der Waals surface area contributed by atoms with Gasteiger partial charge < -0.3 is 23.7 Å². The van der Waals surface area contributed by atoms with Gasteiger partial charge in [0.05, 0.1) is 19.3 Å². The van der Waals surface area contributed by atoms with Crippen LogP contribution in [-0.2, 0) is 9.47 Å². The van der Waals surface area contributed by atoms with Crippen molar-refractivity contribution in [3.63, 3.8) is 0 Å². The molecule has 8 heteroatoms. The Morgan fingerprint density at radius 1 is 1.23 bits per heavy atom. The molecule has 1 aromatic carbocycles. The van der Waals surface area contributed by atoms with Gasteiger partial charge in [-0.1, -0.05) is 6.07 Å². The van der Waals surface area contributed by atoms with Crippen LogP contribution in [-0.4, -0.2) is 66.2 Å². The quantitative estimate of drug-likeness (QED) is 0.720. The third kappa shape index (κ3) is 4.13. The molecule has 3 heterocycles. The number of rotatable bonds is 5. The van der Waals surface area contributed by atoms with Gasteiger partial charge in [-0.15, -0.1) is 10.2 Å². The zero-order valence-corrected chi connectivity index (χ0v) is 18.5. The Morgan fingerprint density at radius 3 is 2.61 bits per heavy atom. The first-order valence-corrected chi connectivity index (χ1v) is 11.1. The third-order valence-corrected chi connectivity index (χ3v) is 6.84. The van der Waals surface area contributed by atoms with E-state index in [0.29, 0.717) is 30.9 Å². The van der Waals surface area contributed by atoms with E-state index >= 15 is 0 Å². The Hall–Kier alpha value is -2.61. The monoisotopic (exact) mass is 426 g/mol. The second-order valence-electron chi connectivity index (χ2n) is 9.33. The summed E-state index contributed by atoms with van der Waals surface area (Å²) < 4.78 is 17.0. The Morgan fingerprint density at radius 2 is 1.97 bits per heavy atom. The van der Waals surface area contributed by atoms with E-state index in [1.165, 1.54) is 5.56 Å². The normalized spacial score (nSPS) is 20.9. The summed E-state index contributed by atoms with van der Waals surface area (Å²) in [5, 5.41) is 8.65. The van der Waals surface area contributed by atoms with E-state index in [1.54, 1.807) is 4.90 Å². The molecule has 3 fully saturated rings. The van der Waals surface area contributed by atoms with Crippen LogP contribution >= 0.6 is 0 Å². The topological polar surface area (TPSA) is 80.9 Å². The van der Waals surface area contributed by atoms with E-state index in [4.69, 9.17) is 13.9 Å². The highest BCUT2D eigenvalue weighted by atomic mass is 16.6. The number of aryl methyl sites for hydroxylation is 1. The lowest BCUT2D eigenvalue weighted by atomic mass is 9.97. The summed E-state index contributed by atoms with van der Waals surface area (Å²) in [7, 11) is 2.10. The largest absolute Gasteiger partial charge is 0.443 e. The van der Waals surface area contributed by atoms with Gasteiger partial charge in [0.2, 0.25) is 11.8 Å². The van der Waals surface area contributed by atoms with Crippen molar-refractivity contribution in [3.8, 4) is 11.5 Å². The standard InChI is InChI=1S/C23H30N4O4/c1-15-4-5-17(12-19(15)26(3)18-13-29-14-18)21-25-24-20(30-21)16-6-10-27(11-7-16)22(28)31-23(2)8-9-23/h4-5,12,16,18H,6-11,13-14H2,1-3H3. The second kappa shape index (κ2) is 7.82. The maximum absolute atomic E-state index is 12.3. The highest BCUT2D eigenvalue weighted by Gasteiger charge is 2.43. The number of amides is 1. The van der Waals surface area contributed by atoms with E-state index in [0.717, 1.165) is 50.1 Å². The van der Waals surface area contributed by atoms with Crippen molar-refractivity contribution in [2.75, 3.05) is 38.3 Å². The van der Waals surface area contributed by atoms with Gasteiger partial charge in [0.1, 0.15) is 5.60 Å². The smallest absolute Gasteiger partial charge is 0.410 e. The van der Waals surface area contributed by atoms with E-state index in [1.807, 2.05) is 13.0 Å². The molecule has 0 N–H and O–H groups in total. The zero-order valence-electron chi connectivity index (χ0n) is 18.5. The zero-order chi connectivity index (χ0) is 21.6. The van der Waals surface area contributed by atoms with Crippen LogP contribution in [0.5, 0.6) is 0 Å². The lowest BCUT2D eigenvalue weighted by molar-refractivity contribution is 0.0101. The predicted molar refractivity (Wildman–Crippen MR) is 115 cm³/mol. The van der Waals surface area contributed by atoms with Crippen LogP contribution in [0.4, 0.5) is 10.5 Å². The number of anilines is 1. The first-order valence-electron chi connectivity index (χ1n) is 11.1. The Balaban J connectivity index is 1.24. The highest BCUT2D eigenvalue weighted by molar-refractivity contribution is 5.68. The first kappa shape index (κ1) is 20.3. The minimum atomic E-state index is -0.234. The van der Waals surface area contributed by atoms with Crippen LogP contribution in [0.25, 0.3) is 11.5 Å². The van der Waals surface area contributed by atoms with Crippen LogP contribution in [0.3, 0.4) is 0 Å². The molecule has 0 radical (unpaired) electrons. The fourth-order valence-corrected chi connectivity index (χ4v) is 4.14. The average molecular weight is 427 g/mol. The SMILES string of the molecule is Cc1ccc(-c2nnc(C3CCN(C(=O)OC4(C)CC4)CC3)o2)cc1N(C)C1COC1. The number of ether oxygens (including phenoxy) is 2. The summed E-state index contributed by atoms with van der Waals surface area (Å²) in [6.07, 6.45) is 3.34. The number of piperidine rings is 1. The highest BCUT2D eigenvalue weighted by Crippen LogP contribution is 2.39. The number of hydrogen-bond acceptors (Lipinski definition) is 7. The molecule has 0 atom stereocenters. The third-order valence-electron chi connectivity index (χ3n) is 6.84. The lowest BCUT2D eigenvalue weighted by Crippen LogP contribution is -2.47. The summed E-state index contributed by atoms with van der Waals surface area (Å²) in [6.45, 7) is 6.93. The number of aromatic nitrogens is 2. The molecule has 2 aromatic rings. The fourth-order valence-electron chi connectivity index (χ4n) is 4.14. The molecule has 1 saturated carbocycles. The van der Waals surface area contributed by atoms with Gasteiger partial charge in [0.25, 0.3) is 0 Å². The Bertz CT molecular complexity index is 958. The van der Waals surface area contributed by atoms with E-state index < -0.39 is 0 Å². The average Bonchev–Trinajstić information content (AvgIpc) is 3.24. The molecule has 3 aliphatic rings. The van der Waals surface area contributed by atoms with Gasteiger partial charge in [0, 0.05) is 37.3 Å². The summed E-state index contributed by atoms with van der Waals surface area (Å²) in [5.41, 5.74) is 3.05. The minimum absolute atomic E-state index is 0.168. The molecular formula is C23H30N4O4. The number of likely N-dealkylation sites (N-methyl/N-ethyl adjacent to an activating group) is 1. The summed E-state index contributed by atoms with van der Waals surface area (Å²) in [4.78, 5) is 16.4. The molecule has 1 aromatic heterocycles. The first-order chi connectivity index (χ1) is 14.9. The number of carbonyl (C=O) groups excluding carboxylic acids is 1. The predicted octanol–water partition coefficient (Wildman–Crippen LogP) is 3.75. The van der Waals surface area contributed by atoms with Crippen molar-refractivity contribution in [1.82, 2.24) is 15.1 Å². The van der Waals surface area contributed by atoms with Gasteiger partial charge in [-0.05, 0) is 57.2 Å². The summed E-state index contributed by atoms with van der Waals surface area (Å²) >= 11 is 0. The molecule has 2 saturated heterocycles. The molecule has 0 unspecified atom stereocenters. The maximum atomic E-state index is 12.3. The Labute approximate surface area is 182 Å². The number of hydrogen-bond donors (Lipinski definition) is 0. The van der Waals surface area contributed by atoms with Crippen molar-refractivity contribution < 1.29 is 18.7 Å². The molecule has 166 valence electrons. The number of benzene rings is 1. The number of carbonyl (C=O) groups is 1. The molecule has 5 rings (SSSR count). The molecule has 0 bridgehead atoms. The molecule has 1 aliphatic carbocycles. The molecular weight excluding hydrogens is 396 g/mol. The van der Waals surface area contributed by atoms with Crippen molar-refractivity contribution in [2.24, 2.45) is 0 Å². The molecule has 31 heavy (non-hydrogen) atoms. The molecule has 8 nitrogen and oxygen atoms in total. The lowest BCUT2D eigenvalue weighted by Gasteiger charge is -2.37. The van der Waals surface area contributed by atoms with Gasteiger partial charge in [-0.3, -0.25) is 0 Å². The van der Waals surface area contributed by atoms with Crippen LogP contribution in [0.2, 0.25) is 0 Å². The number of likely N-dealkylation sites (tertiary alicyclic amines) is 1. The van der Waals surface area contributed by atoms with Gasteiger partial charge in [-0.25, -0.2) is 4.79 Å². The fraction of sp³-hybridized carbons (Fsp3) is 0.609. The maximum Gasteiger partial charge on any atom is 0.410 e. The van der Waals surface area contributed by atoms with Gasteiger partial charge in [0.15, 0.2) is 0 Å². The van der Waals surface area contributed by atoms with E-state index in [-0.39, 0.29) is 17.6 Å². The minimum Gasteiger partial charge on any atom is -0.443 e. The van der Waals surface area contributed by atoms with Crippen molar-refractivity contribution in [3.05, 3.63) is 29.7 Å². The van der Waals surface area contributed by atoms with Crippen LogP contribution in [0, 0.1) is 6.92 Å². The summed E-state index contributed by atoms with van der Waals surface area (Å²) in [5.74, 6) is 1.36. The molecule has 0 spiro atoms. The number of nitrogens with zero attached hydrogens (tertiary/aromatic N) is 4. The van der Waals surface area contributed by atoms with Crippen molar-refractivity contribution >= 4 is 11.8 Å². The second-order valence-corrected chi connectivity index (χ2v) is 9.33. The van der Waals surface area contributed by atoms with Crippen LogP contribution in [0.15, 0.2) is 22.6 Å². The summed E-state index contributed by atoms with van der Waals surface area (Å²) in [6, 6.07) is 6.64. The Kier molecular flexibility index (Phi) is 5.12.